The van der Waals surface area contributed by atoms with Gasteiger partial charge in [-0.3, -0.25) is 0 Å². The van der Waals surface area contributed by atoms with Crippen LogP contribution in [0.5, 0.6) is 0 Å². The molecule has 1 saturated carbocycles. The average Bonchev–Trinajstić information content (AvgIpc) is 2.62. The molecule has 2 saturated heterocycles. The second-order valence-electron chi connectivity index (χ2n) is 8.49. The number of nitrogens with zero attached hydrogens (tertiary/aromatic N) is 4. The maximum atomic E-state index is 12.6. The van der Waals surface area contributed by atoms with E-state index < -0.39 is 12.0 Å². The van der Waals surface area contributed by atoms with Crippen LogP contribution in [0.25, 0.3) is 0 Å². The minimum atomic E-state index is -4.47. The van der Waals surface area contributed by atoms with Gasteiger partial charge in [0.1, 0.15) is 0 Å². The second-order valence-corrected chi connectivity index (χ2v) is 8.49. The molecule has 0 bridgehead atoms. The highest BCUT2D eigenvalue weighted by Gasteiger charge is 2.35. The van der Waals surface area contributed by atoms with Crippen LogP contribution in [0.4, 0.5) is 18.9 Å². The lowest BCUT2D eigenvalue weighted by molar-refractivity contribution is -0.144. The van der Waals surface area contributed by atoms with Gasteiger partial charge in [0, 0.05) is 19.1 Å². The lowest BCUT2D eigenvalue weighted by Crippen LogP contribution is -2.45. The van der Waals surface area contributed by atoms with Crippen LogP contribution in [0.15, 0.2) is 12.4 Å². The zero-order valence-corrected chi connectivity index (χ0v) is 15.8. The largest absolute Gasteiger partial charge is 0.451 e. The van der Waals surface area contributed by atoms with Crippen molar-refractivity contribution in [3.05, 3.63) is 18.2 Å². The first-order valence-electron chi connectivity index (χ1n) is 10.4. The fraction of sp³-hybridized carbons (Fsp3) is 0.800. The number of piperidine rings is 2. The molecule has 3 heterocycles. The molecule has 27 heavy (non-hydrogen) atoms. The van der Waals surface area contributed by atoms with E-state index in [-0.39, 0.29) is 0 Å². The number of aromatic nitrogens is 2. The molecule has 2 aliphatic heterocycles. The van der Waals surface area contributed by atoms with Crippen LogP contribution in [0, 0.1) is 11.8 Å². The highest BCUT2D eigenvalue weighted by atomic mass is 19.4. The first-order valence-corrected chi connectivity index (χ1v) is 10.4. The molecule has 3 fully saturated rings. The first-order chi connectivity index (χ1) is 13.0. The number of halogens is 3. The minimum absolute atomic E-state index is 0.704. The molecule has 4 nitrogen and oxygen atoms in total. The lowest BCUT2D eigenvalue weighted by Gasteiger charge is -2.43. The molecule has 0 N–H and O–H groups in total. The fourth-order valence-electron chi connectivity index (χ4n) is 4.83. The highest BCUT2D eigenvalue weighted by Crippen LogP contribution is 2.34. The standard InChI is InChI=1S/C20H29F3N4/c21-20(22,23)19-24-13-18(14-25-19)27-10-6-16(7-11-27)12-15-4-8-26(9-5-15)17-2-1-3-17/h13-17H,1-12H2. The van der Waals surface area contributed by atoms with Gasteiger partial charge in [-0.15, -0.1) is 0 Å². The molecule has 3 aliphatic rings. The monoisotopic (exact) mass is 382 g/mol. The number of likely N-dealkylation sites (tertiary alicyclic amines) is 1. The molecule has 4 rings (SSSR count). The summed E-state index contributed by atoms with van der Waals surface area (Å²) in [5.41, 5.74) is 0.704. The van der Waals surface area contributed by atoms with Gasteiger partial charge < -0.3 is 9.80 Å². The first kappa shape index (κ1) is 19.0. The third-order valence-corrected chi connectivity index (χ3v) is 6.78. The summed E-state index contributed by atoms with van der Waals surface area (Å²) in [5.74, 6) is 0.540. The molecular weight excluding hydrogens is 353 g/mol. The SMILES string of the molecule is FC(F)(F)c1ncc(N2CCC(CC3CCN(C4CCC4)CC3)CC2)cn1. The van der Waals surface area contributed by atoms with Gasteiger partial charge >= 0.3 is 6.18 Å². The normalized spacial score (nSPS) is 24.2. The average molecular weight is 382 g/mol. The van der Waals surface area contributed by atoms with Crippen molar-refractivity contribution in [2.75, 3.05) is 31.1 Å². The van der Waals surface area contributed by atoms with Crippen LogP contribution in [-0.2, 0) is 6.18 Å². The van der Waals surface area contributed by atoms with Gasteiger partial charge in [0.2, 0.25) is 5.82 Å². The van der Waals surface area contributed by atoms with Gasteiger partial charge in [-0.2, -0.15) is 13.2 Å². The molecule has 1 aliphatic carbocycles. The summed E-state index contributed by atoms with van der Waals surface area (Å²) in [5, 5.41) is 0. The quantitative estimate of drug-likeness (QED) is 0.774. The van der Waals surface area contributed by atoms with E-state index >= 15 is 0 Å². The molecule has 0 radical (unpaired) electrons. The van der Waals surface area contributed by atoms with Crippen LogP contribution in [0.2, 0.25) is 0 Å². The maximum absolute atomic E-state index is 12.6. The van der Waals surface area contributed by atoms with Crippen molar-refractivity contribution >= 4 is 5.69 Å². The summed E-state index contributed by atoms with van der Waals surface area (Å²) in [7, 11) is 0. The summed E-state index contributed by atoms with van der Waals surface area (Å²) >= 11 is 0. The molecule has 0 unspecified atom stereocenters. The van der Waals surface area contributed by atoms with E-state index in [1.165, 1.54) is 64.0 Å². The third kappa shape index (κ3) is 4.55. The van der Waals surface area contributed by atoms with Gasteiger partial charge in [0.25, 0.3) is 0 Å². The topological polar surface area (TPSA) is 32.3 Å². The van der Waals surface area contributed by atoms with Crippen LogP contribution < -0.4 is 4.90 Å². The van der Waals surface area contributed by atoms with E-state index in [0.29, 0.717) is 5.69 Å². The van der Waals surface area contributed by atoms with Crippen LogP contribution in [-0.4, -0.2) is 47.1 Å². The summed E-state index contributed by atoms with van der Waals surface area (Å²) in [6.45, 7) is 4.33. The number of alkyl halides is 3. The van der Waals surface area contributed by atoms with Crippen molar-refractivity contribution in [2.24, 2.45) is 11.8 Å². The van der Waals surface area contributed by atoms with Gasteiger partial charge in [-0.25, -0.2) is 9.97 Å². The van der Waals surface area contributed by atoms with Gasteiger partial charge in [-0.1, -0.05) is 6.42 Å². The fourth-order valence-corrected chi connectivity index (χ4v) is 4.83. The van der Waals surface area contributed by atoms with Gasteiger partial charge in [-0.05, 0) is 69.9 Å². The molecule has 0 amide bonds. The van der Waals surface area contributed by atoms with Gasteiger partial charge in [0.15, 0.2) is 0 Å². The zero-order valence-electron chi connectivity index (χ0n) is 15.8. The third-order valence-electron chi connectivity index (χ3n) is 6.78. The Morgan fingerprint density at radius 1 is 0.852 bits per heavy atom. The van der Waals surface area contributed by atoms with Crippen molar-refractivity contribution in [1.29, 1.82) is 0 Å². The Bertz CT molecular complexity index is 599. The molecule has 0 spiro atoms. The van der Waals surface area contributed by atoms with E-state index in [0.717, 1.165) is 43.8 Å². The Balaban J connectivity index is 1.21. The molecule has 1 aromatic rings. The van der Waals surface area contributed by atoms with E-state index in [1.807, 2.05) is 0 Å². The Labute approximate surface area is 159 Å². The molecular formula is C20H29F3N4. The summed E-state index contributed by atoms with van der Waals surface area (Å²) in [4.78, 5) is 11.8. The predicted molar refractivity (Wildman–Crippen MR) is 98.5 cm³/mol. The van der Waals surface area contributed by atoms with E-state index in [4.69, 9.17) is 0 Å². The number of hydrogen-bond donors (Lipinski definition) is 0. The summed E-state index contributed by atoms with van der Waals surface area (Å²) < 4.78 is 37.8. The Morgan fingerprint density at radius 3 is 1.89 bits per heavy atom. The second kappa shape index (κ2) is 7.94. The predicted octanol–water partition coefficient (Wildman–Crippen LogP) is 4.37. The van der Waals surface area contributed by atoms with Crippen LogP contribution >= 0.6 is 0 Å². The number of rotatable bonds is 4. The van der Waals surface area contributed by atoms with E-state index in [1.54, 1.807) is 0 Å². The molecule has 0 atom stereocenters. The summed E-state index contributed by atoms with van der Waals surface area (Å²) in [6.07, 6.45) is 8.58. The van der Waals surface area contributed by atoms with E-state index in [2.05, 4.69) is 19.8 Å². The zero-order chi connectivity index (χ0) is 18.9. The van der Waals surface area contributed by atoms with Crippen molar-refractivity contribution in [3.8, 4) is 0 Å². The van der Waals surface area contributed by atoms with Gasteiger partial charge in [0.05, 0.1) is 18.1 Å². The maximum Gasteiger partial charge on any atom is 0.451 e. The highest BCUT2D eigenvalue weighted by molar-refractivity contribution is 5.42. The molecule has 1 aromatic heterocycles. The van der Waals surface area contributed by atoms with Crippen LogP contribution in [0.3, 0.4) is 0 Å². The Hall–Kier alpha value is -1.37. The molecule has 0 aromatic carbocycles. The molecule has 7 heteroatoms. The van der Waals surface area contributed by atoms with Crippen molar-refractivity contribution in [1.82, 2.24) is 14.9 Å². The van der Waals surface area contributed by atoms with Crippen molar-refractivity contribution in [3.63, 3.8) is 0 Å². The van der Waals surface area contributed by atoms with E-state index in [9.17, 15) is 13.2 Å². The minimum Gasteiger partial charge on any atom is -0.369 e. The molecule has 150 valence electrons. The summed E-state index contributed by atoms with van der Waals surface area (Å²) in [6, 6.07) is 0.875. The Kier molecular flexibility index (Phi) is 5.58. The number of hydrogen-bond acceptors (Lipinski definition) is 4. The smallest absolute Gasteiger partial charge is 0.369 e. The lowest BCUT2D eigenvalue weighted by atomic mass is 9.81. The van der Waals surface area contributed by atoms with Crippen molar-refractivity contribution in [2.45, 2.75) is 63.6 Å². The van der Waals surface area contributed by atoms with Crippen molar-refractivity contribution < 1.29 is 13.2 Å². The Morgan fingerprint density at radius 2 is 1.41 bits per heavy atom. The number of anilines is 1. The van der Waals surface area contributed by atoms with Crippen LogP contribution in [0.1, 0.15) is 57.2 Å².